The molecular formula is C16H18N2S. The van der Waals surface area contributed by atoms with Crippen molar-refractivity contribution >= 4 is 11.8 Å². The molecule has 1 aromatic carbocycles. The highest BCUT2D eigenvalue weighted by Crippen LogP contribution is 2.27. The minimum absolute atomic E-state index is 0.497. The predicted molar refractivity (Wildman–Crippen MR) is 79.4 cm³/mol. The van der Waals surface area contributed by atoms with Gasteiger partial charge in [-0.25, -0.2) is 4.98 Å². The number of hydrogen-bond acceptors (Lipinski definition) is 3. The van der Waals surface area contributed by atoms with E-state index in [2.05, 4.69) is 46.7 Å². The van der Waals surface area contributed by atoms with Crippen LogP contribution in [0.5, 0.6) is 0 Å². The largest absolute Gasteiger partial charge is 0.310 e. The predicted octanol–water partition coefficient (Wildman–Crippen LogP) is 4.05. The van der Waals surface area contributed by atoms with Crippen molar-refractivity contribution in [3.05, 3.63) is 54.2 Å². The van der Waals surface area contributed by atoms with Crippen LogP contribution in [0.2, 0.25) is 0 Å². The minimum Gasteiger partial charge on any atom is -0.310 e. The van der Waals surface area contributed by atoms with Gasteiger partial charge in [0.2, 0.25) is 0 Å². The molecular weight excluding hydrogens is 252 g/mol. The average molecular weight is 270 g/mol. The smallest absolute Gasteiger partial charge is 0.101 e. The Morgan fingerprint density at radius 2 is 1.95 bits per heavy atom. The van der Waals surface area contributed by atoms with Gasteiger partial charge in [0.05, 0.1) is 0 Å². The average Bonchev–Trinajstić information content (AvgIpc) is 2.50. The van der Waals surface area contributed by atoms with E-state index in [1.54, 1.807) is 11.8 Å². The number of pyridine rings is 1. The molecule has 0 spiro atoms. The Balaban J connectivity index is 1.68. The Morgan fingerprint density at radius 1 is 1.05 bits per heavy atom. The van der Waals surface area contributed by atoms with E-state index in [9.17, 15) is 0 Å². The van der Waals surface area contributed by atoms with E-state index >= 15 is 0 Å². The van der Waals surface area contributed by atoms with Gasteiger partial charge in [0.15, 0.2) is 0 Å². The molecule has 1 aliphatic rings. The van der Waals surface area contributed by atoms with Crippen molar-refractivity contribution in [3.63, 3.8) is 0 Å². The van der Waals surface area contributed by atoms with Crippen molar-refractivity contribution in [1.29, 1.82) is 0 Å². The van der Waals surface area contributed by atoms with Crippen LogP contribution in [0.15, 0.2) is 58.6 Å². The molecule has 2 heterocycles. The van der Waals surface area contributed by atoms with E-state index in [-0.39, 0.29) is 0 Å². The standard InChI is InChI=1S/C16H18N2S/c1-2-6-14(7-3-1)19-16-10-9-13(12-18-16)15-8-4-5-11-17-15/h1-3,6-7,9-10,12,15,17H,4-5,8,11H2/t15-/m1/s1. The number of nitrogens with zero attached hydrogens (tertiary/aromatic N) is 1. The molecule has 1 fully saturated rings. The van der Waals surface area contributed by atoms with Crippen LogP contribution in [0.1, 0.15) is 30.9 Å². The van der Waals surface area contributed by atoms with Gasteiger partial charge in [0, 0.05) is 17.1 Å². The lowest BCUT2D eigenvalue weighted by atomic mass is 9.99. The molecule has 3 rings (SSSR count). The summed E-state index contributed by atoms with van der Waals surface area (Å²) >= 11 is 1.71. The first-order valence-electron chi connectivity index (χ1n) is 6.84. The van der Waals surface area contributed by atoms with Gasteiger partial charge < -0.3 is 5.32 Å². The SMILES string of the molecule is c1ccc(Sc2ccc([C@H]3CCCCN3)cn2)cc1. The molecule has 1 aromatic heterocycles. The maximum Gasteiger partial charge on any atom is 0.101 e. The fraction of sp³-hybridized carbons (Fsp3) is 0.312. The van der Waals surface area contributed by atoms with Crippen LogP contribution in [0.3, 0.4) is 0 Å². The zero-order chi connectivity index (χ0) is 12.9. The fourth-order valence-electron chi connectivity index (χ4n) is 2.40. The highest BCUT2D eigenvalue weighted by molar-refractivity contribution is 7.99. The van der Waals surface area contributed by atoms with Crippen molar-refractivity contribution in [1.82, 2.24) is 10.3 Å². The summed E-state index contributed by atoms with van der Waals surface area (Å²) in [4.78, 5) is 5.81. The summed E-state index contributed by atoms with van der Waals surface area (Å²) in [5.41, 5.74) is 1.32. The third-order valence-electron chi connectivity index (χ3n) is 3.44. The third kappa shape index (κ3) is 3.37. The summed E-state index contributed by atoms with van der Waals surface area (Å²) in [6.45, 7) is 1.13. The quantitative estimate of drug-likeness (QED) is 0.911. The molecule has 0 radical (unpaired) electrons. The third-order valence-corrected chi connectivity index (χ3v) is 4.40. The van der Waals surface area contributed by atoms with Crippen molar-refractivity contribution in [2.45, 2.75) is 35.2 Å². The zero-order valence-electron chi connectivity index (χ0n) is 10.9. The van der Waals surface area contributed by atoms with Gasteiger partial charge in [-0.05, 0) is 43.1 Å². The van der Waals surface area contributed by atoms with Gasteiger partial charge >= 0.3 is 0 Å². The van der Waals surface area contributed by atoms with Gasteiger partial charge in [0.25, 0.3) is 0 Å². The van der Waals surface area contributed by atoms with Gasteiger partial charge in [-0.2, -0.15) is 0 Å². The Bertz CT molecular complexity index is 504. The molecule has 1 N–H and O–H groups in total. The molecule has 19 heavy (non-hydrogen) atoms. The monoisotopic (exact) mass is 270 g/mol. The summed E-state index contributed by atoms with van der Waals surface area (Å²) in [5, 5.41) is 4.62. The zero-order valence-corrected chi connectivity index (χ0v) is 11.7. The van der Waals surface area contributed by atoms with E-state index in [4.69, 9.17) is 0 Å². The molecule has 0 saturated carbocycles. The molecule has 1 aliphatic heterocycles. The molecule has 1 atom stereocenters. The second-order valence-electron chi connectivity index (χ2n) is 4.85. The molecule has 2 nitrogen and oxygen atoms in total. The summed E-state index contributed by atoms with van der Waals surface area (Å²) in [7, 11) is 0. The molecule has 0 aliphatic carbocycles. The first-order valence-corrected chi connectivity index (χ1v) is 7.66. The van der Waals surface area contributed by atoms with Crippen molar-refractivity contribution < 1.29 is 0 Å². The Morgan fingerprint density at radius 3 is 2.63 bits per heavy atom. The molecule has 3 heteroatoms. The van der Waals surface area contributed by atoms with Gasteiger partial charge in [-0.1, -0.05) is 42.4 Å². The number of aromatic nitrogens is 1. The number of piperidine rings is 1. The van der Waals surface area contributed by atoms with Crippen LogP contribution in [0, 0.1) is 0 Å². The van der Waals surface area contributed by atoms with Crippen LogP contribution >= 0.6 is 11.8 Å². The van der Waals surface area contributed by atoms with E-state index in [0.29, 0.717) is 6.04 Å². The first kappa shape index (κ1) is 12.7. The molecule has 0 unspecified atom stereocenters. The second kappa shape index (κ2) is 6.22. The van der Waals surface area contributed by atoms with Crippen LogP contribution in [-0.2, 0) is 0 Å². The Kier molecular flexibility index (Phi) is 4.16. The highest BCUT2D eigenvalue weighted by atomic mass is 32.2. The number of nitrogens with one attached hydrogen (secondary N) is 1. The summed E-state index contributed by atoms with van der Waals surface area (Å²) in [6, 6.07) is 15.2. The minimum atomic E-state index is 0.497. The number of rotatable bonds is 3. The number of hydrogen-bond donors (Lipinski definition) is 1. The van der Waals surface area contributed by atoms with Crippen LogP contribution in [-0.4, -0.2) is 11.5 Å². The second-order valence-corrected chi connectivity index (χ2v) is 5.94. The maximum absolute atomic E-state index is 4.57. The number of benzene rings is 1. The molecule has 0 bridgehead atoms. The van der Waals surface area contributed by atoms with Crippen molar-refractivity contribution in [2.75, 3.05) is 6.54 Å². The van der Waals surface area contributed by atoms with E-state index in [0.717, 1.165) is 11.6 Å². The molecule has 2 aromatic rings. The Hall–Kier alpha value is -1.32. The Labute approximate surface area is 118 Å². The lowest BCUT2D eigenvalue weighted by Gasteiger charge is -2.23. The van der Waals surface area contributed by atoms with Gasteiger partial charge in [0.1, 0.15) is 5.03 Å². The molecule has 0 amide bonds. The lowest BCUT2D eigenvalue weighted by molar-refractivity contribution is 0.411. The molecule has 98 valence electrons. The highest BCUT2D eigenvalue weighted by Gasteiger charge is 2.14. The topological polar surface area (TPSA) is 24.9 Å². The van der Waals surface area contributed by atoms with Crippen LogP contribution in [0.25, 0.3) is 0 Å². The normalized spacial score (nSPS) is 19.3. The lowest BCUT2D eigenvalue weighted by Crippen LogP contribution is -2.26. The summed E-state index contributed by atoms with van der Waals surface area (Å²) < 4.78 is 0. The maximum atomic E-state index is 4.57. The van der Waals surface area contributed by atoms with E-state index < -0.39 is 0 Å². The first-order chi connectivity index (χ1) is 9.42. The summed E-state index contributed by atoms with van der Waals surface area (Å²) in [6.07, 6.45) is 5.87. The van der Waals surface area contributed by atoms with E-state index in [1.165, 1.54) is 29.7 Å². The fourth-order valence-corrected chi connectivity index (χ4v) is 3.18. The van der Waals surface area contributed by atoms with Gasteiger partial charge in [-0.3, -0.25) is 0 Å². The summed E-state index contributed by atoms with van der Waals surface area (Å²) in [5.74, 6) is 0. The van der Waals surface area contributed by atoms with Crippen LogP contribution in [0.4, 0.5) is 0 Å². The van der Waals surface area contributed by atoms with Gasteiger partial charge in [-0.15, -0.1) is 0 Å². The van der Waals surface area contributed by atoms with Crippen molar-refractivity contribution in [2.24, 2.45) is 0 Å². The van der Waals surface area contributed by atoms with Crippen molar-refractivity contribution in [3.8, 4) is 0 Å². The molecule has 1 saturated heterocycles. The van der Waals surface area contributed by atoms with E-state index in [1.807, 2.05) is 12.3 Å². The van der Waals surface area contributed by atoms with Crippen LogP contribution < -0.4 is 5.32 Å².